The van der Waals surface area contributed by atoms with Crippen LogP contribution in [0.3, 0.4) is 0 Å². The molecule has 6 heteroatoms. The topological polar surface area (TPSA) is 58.1 Å². The molecule has 1 unspecified atom stereocenters. The molecule has 1 aliphatic rings. The summed E-state index contributed by atoms with van der Waals surface area (Å²) in [6.07, 6.45) is -0.0521. The van der Waals surface area contributed by atoms with Gasteiger partial charge in [0.05, 0.1) is 6.54 Å². The largest absolute Gasteiger partial charge is 0.486 e. The van der Waals surface area contributed by atoms with Gasteiger partial charge in [0.1, 0.15) is 12.7 Å². The van der Waals surface area contributed by atoms with Gasteiger partial charge in [0.2, 0.25) is 0 Å². The Balaban J connectivity index is 1.45. The molecular weight excluding hydrogens is 340 g/mol. The van der Waals surface area contributed by atoms with Gasteiger partial charge in [0, 0.05) is 20.1 Å². The Morgan fingerprint density at radius 3 is 2.44 bits per heavy atom. The third-order valence-corrected chi connectivity index (χ3v) is 4.27. The van der Waals surface area contributed by atoms with Gasteiger partial charge >= 0.3 is 0 Å². The molecule has 1 heterocycles. The molecular formula is C21H28N4O2. The molecule has 0 aliphatic carbocycles. The number of hydrogen-bond donors (Lipinski definition) is 2. The Hall–Kier alpha value is -2.73. The fourth-order valence-corrected chi connectivity index (χ4v) is 2.91. The minimum absolute atomic E-state index is 0.0521. The molecule has 1 atom stereocenters. The number of benzene rings is 2. The lowest BCUT2D eigenvalue weighted by Crippen LogP contribution is -2.45. The van der Waals surface area contributed by atoms with Crippen LogP contribution in [0.2, 0.25) is 0 Å². The number of nitrogens with zero attached hydrogens (tertiary/aromatic N) is 2. The average molecular weight is 368 g/mol. The van der Waals surface area contributed by atoms with E-state index in [2.05, 4.69) is 58.9 Å². The molecule has 2 aromatic carbocycles. The Morgan fingerprint density at radius 1 is 1.04 bits per heavy atom. The molecule has 0 radical (unpaired) electrons. The summed E-state index contributed by atoms with van der Waals surface area (Å²) in [5.41, 5.74) is 2.52. The van der Waals surface area contributed by atoms with Crippen LogP contribution in [0.15, 0.2) is 53.5 Å². The van der Waals surface area contributed by atoms with E-state index in [-0.39, 0.29) is 6.10 Å². The number of hydrogen-bond acceptors (Lipinski definition) is 4. The maximum Gasteiger partial charge on any atom is 0.191 e. The predicted molar refractivity (Wildman–Crippen MR) is 108 cm³/mol. The van der Waals surface area contributed by atoms with Gasteiger partial charge in [0.25, 0.3) is 0 Å². The van der Waals surface area contributed by atoms with Crippen LogP contribution in [0.1, 0.15) is 11.1 Å². The van der Waals surface area contributed by atoms with E-state index in [1.165, 1.54) is 11.1 Å². The first-order valence-electron chi connectivity index (χ1n) is 9.19. The second-order valence-corrected chi connectivity index (χ2v) is 6.86. The van der Waals surface area contributed by atoms with E-state index in [0.717, 1.165) is 24.0 Å². The molecule has 2 N–H and O–H groups in total. The average Bonchev–Trinajstić information content (AvgIpc) is 2.68. The fraction of sp³-hybridized carbons (Fsp3) is 0.381. The molecule has 1 aliphatic heterocycles. The highest BCUT2D eigenvalue weighted by Gasteiger charge is 2.20. The van der Waals surface area contributed by atoms with Crippen LogP contribution in [0.4, 0.5) is 0 Å². The molecule has 27 heavy (non-hydrogen) atoms. The summed E-state index contributed by atoms with van der Waals surface area (Å²) in [5.74, 6) is 2.33. The summed E-state index contributed by atoms with van der Waals surface area (Å²) in [7, 11) is 5.92. The van der Waals surface area contributed by atoms with E-state index in [1.54, 1.807) is 7.05 Å². The van der Waals surface area contributed by atoms with Gasteiger partial charge in [0.15, 0.2) is 17.5 Å². The maximum absolute atomic E-state index is 5.96. The van der Waals surface area contributed by atoms with Crippen molar-refractivity contribution in [2.45, 2.75) is 19.2 Å². The van der Waals surface area contributed by atoms with Gasteiger partial charge in [-0.1, -0.05) is 36.4 Å². The van der Waals surface area contributed by atoms with Crippen molar-refractivity contribution in [1.29, 1.82) is 0 Å². The van der Waals surface area contributed by atoms with E-state index < -0.39 is 0 Å². The van der Waals surface area contributed by atoms with Crippen molar-refractivity contribution in [2.75, 3.05) is 34.3 Å². The zero-order chi connectivity index (χ0) is 19.1. The van der Waals surface area contributed by atoms with E-state index in [1.807, 2.05) is 24.3 Å². The van der Waals surface area contributed by atoms with Gasteiger partial charge in [-0.25, -0.2) is 0 Å². The van der Waals surface area contributed by atoms with Gasteiger partial charge in [-0.15, -0.1) is 0 Å². The van der Waals surface area contributed by atoms with Crippen molar-refractivity contribution < 1.29 is 9.47 Å². The van der Waals surface area contributed by atoms with Crippen molar-refractivity contribution >= 4 is 5.96 Å². The monoisotopic (exact) mass is 368 g/mol. The smallest absolute Gasteiger partial charge is 0.191 e. The van der Waals surface area contributed by atoms with Crippen molar-refractivity contribution in [3.05, 3.63) is 59.7 Å². The quantitative estimate of drug-likeness (QED) is 0.605. The first-order chi connectivity index (χ1) is 13.1. The molecule has 0 saturated heterocycles. The van der Waals surface area contributed by atoms with Crippen molar-refractivity contribution in [1.82, 2.24) is 15.5 Å². The molecule has 2 aromatic rings. The molecule has 0 fully saturated rings. The molecule has 144 valence electrons. The summed E-state index contributed by atoms with van der Waals surface area (Å²) in [4.78, 5) is 6.44. The number of ether oxygens (including phenoxy) is 2. The van der Waals surface area contributed by atoms with Gasteiger partial charge < -0.3 is 25.0 Å². The normalized spacial score (nSPS) is 16.3. The summed E-state index contributed by atoms with van der Waals surface area (Å²) in [5, 5.41) is 6.64. The third kappa shape index (κ3) is 5.62. The van der Waals surface area contributed by atoms with Crippen molar-refractivity contribution in [3.8, 4) is 11.5 Å². The Labute approximate surface area is 161 Å². The Bertz CT molecular complexity index is 759. The van der Waals surface area contributed by atoms with Crippen LogP contribution in [-0.4, -0.2) is 51.3 Å². The van der Waals surface area contributed by atoms with Gasteiger partial charge in [-0.05, 0) is 37.4 Å². The Kier molecular flexibility index (Phi) is 6.54. The minimum Gasteiger partial charge on any atom is -0.486 e. The second kappa shape index (κ2) is 9.28. The standard InChI is InChI=1S/C21H28N4O2/c1-22-21(23-12-16-8-10-17(11-9-16)14-25(2)3)24-13-18-15-26-19-6-4-5-7-20(19)27-18/h4-11,18H,12-15H2,1-3H3,(H2,22,23,24). The highest BCUT2D eigenvalue weighted by molar-refractivity contribution is 5.79. The molecule has 0 bridgehead atoms. The minimum atomic E-state index is -0.0521. The number of aliphatic imine (C=N–C) groups is 1. The molecule has 3 rings (SSSR count). The van der Waals surface area contributed by atoms with Crippen LogP contribution in [-0.2, 0) is 13.1 Å². The summed E-state index contributed by atoms with van der Waals surface area (Å²) in [6, 6.07) is 16.4. The second-order valence-electron chi connectivity index (χ2n) is 6.86. The maximum atomic E-state index is 5.96. The van der Waals surface area contributed by atoms with E-state index in [9.17, 15) is 0 Å². The summed E-state index contributed by atoms with van der Waals surface area (Å²) < 4.78 is 11.7. The van der Waals surface area contributed by atoms with Crippen LogP contribution < -0.4 is 20.1 Å². The predicted octanol–water partition coefficient (Wildman–Crippen LogP) is 2.25. The zero-order valence-electron chi connectivity index (χ0n) is 16.2. The molecule has 0 amide bonds. The Morgan fingerprint density at radius 2 is 1.74 bits per heavy atom. The lowest BCUT2D eigenvalue weighted by Gasteiger charge is -2.27. The van der Waals surface area contributed by atoms with Crippen molar-refractivity contribution in [3.63, 3.8) is 0 Å². The number of fused-ring (bicyclic) bond motifs is 1. The van der Waals surface area contributed by atoms with Crippen LogP contribution in [0, 0.1) is 0 Å². The van der Waals surface area contributed by atoms with Crippen LogP contribution >= 0.6 is 0 Å². The third-order valence-electron chi connectivity index (χ3n) is 4.27. The van der Waals surface area contributed by atoms with Gasteiger partial charge in [-0.2, -0.15) is 0 Å². The molecule has 0 saturated carbocycles. The first kappa shape index (κ1) is 19.0. The molecule has 0 aromatic heterocycles. The summed E-state index contributed by atoms with van der Waals surface area (Å²) >= 11 is 0. The molecule has 0 spiro atoms. The number of rotatable bonds is 6. The highest BCUT2D eigenvalue weighted by Crippen LogP contribution is 2.30. The lowest BCUT2D eigenvalue weighted by molar-refractivity contribution is 0.0936. The van der Waals surface area contributed by atoms with E-state index in [4.69, 9.17) is 9.47 Å². The highest BCUT2D eigenvalue weighted by atomic mass is 16.6. The zero-order valence-corrected chi connectivity index (χ0v) is 16.2. The number of para-hydroxylation sites is 2. The van der Waals surface area contributed by atoms with E-state index >= 15 is 0 Å². The fourth-order valence-electron chi connectivity index (χ4n) is 2.91. The summed E-state index contributed by atoms with van der Waals surface area (Å²) in [6.45, 7) is 2.81. The van der Waals surface area contributed by atoms with Crippen LogP contribution in [0.25, 0.3) is 0 Å². The SMILES string of the molecule is CN=C(NCc1ccc(CN(C)C)cc1)NCC1COc2ccccc2O1. The van der Waals surface area contributed by atoms with Gasteiger partial charge in [-0.3, -0.25) is 4.99 Å². The first-order valence-corrected chi connectivity index (χ1v) is 9.19. The molecule has 6 nitrogen and oxygen atoms in total. The van der Waals surface area contributed by atoms with Crippen LogP contribution in [0.5, 0.6) is 11.5 Å². The van der Waals surface area contributed by atoms with E-state index in [0.29, 0.717) is 19.7 Å². The number of nitrogens with one attached hydrogen (secondary N) is 2. The number of guanidine groups is 1. The lowest BCUT2D eigenvalue weighted by atomic mass is 10.1. The van der Waals surface area contributed by atoms with Crippen molar-refractivity contribution in [2.24, 2.45) is 4.99 Å².